The smallest absolute Gasteiger partial charge is 0.345 e. The summed E-state index contributed by atoms with van der Waals surface area (Å²) in [5, 5.41) is 52.4. The van der Waals surface area contributed by atoms with Gasteiger partial charge in [-0.2, -0.15) is 0 Å². The topological polar surface area (TPSA) is 165 Å². The highest BCUT2D eigenvalue weighted by molar-refractivity contribution is 5.90. The lowest BCUT2D eigenvalue weighted by molar-refractivity contribution is -0.179. The van der Waals surface area contributed by atoms with E-state index in [0.29, 0.717) is 0 Å². The van der Waals surface area contributed by atoms with E-state index < -0.39 is 49.6 Å². The lowest BCUT2D eigenvalue weighted by Crippen LogP contribution is -2.43. The predicted octanol–water partition coefficient (Wildman–Crippen LogP) is -4.52. The van der Waals surface area contributed by atoms with Gasteiger partial charge in [0.2, 0.25) is 0 Å². The minimum Gasteiger partial charge on any atom is -0.394 e. The summed E-state index contributed by atoms with van der Waals surface area (Å²) in [6, 6.07) is 0. The molecule has 9 heteroatoms. The summed E-state index contributed by atoms with van der Waals surface area (Å²) < 4.78 is 3.90. The van der Waals surface area contributed by atoms with Gasteiger partial charge in [-0.15, -0.1) is 0 Å². The lowest BCUT2D eigenvalue weighted by atomic mass is 10.2. The first-order valence-electron chi connectivity index (χ1n) is 4.54. The van der Waals surface area contributed by atoms with Crippen LogP contribution in [0.25, 0.3) is 0 Å². The molecule has 0 aromatic heterocycles. The van der Waals surface area contributed by atoms with Crippen molar-refractivity contribution in [3.05, 3.63) is 0 Å². The van der Waals surface area contributed by atoms with E-state index in [9.17, 15) is 9.59 Å². The Labute approximate surface area is 95.5 Å². The van der Waals surface area contributed by atoms with E-state index in [1.54, 1.807) is 0 Å². The molecule has 0 fully saturated rings. The van der Waals surface area contributed by atoms with Crippen LogP contribution in [0.4, 0.5) is 0 Å². The zero-order valence-corrected chi connectivity index (χ0v) is 8.63. The van der Waals surface area contributed by atoms with Crippen LogP contribution >= 0.6 is 0 Å². The van der Waals surface area contributed by atoms with Crippen LogP contribution in [-0.2, 0) is 14.3 Å². The molecule has 0 aromatic rings. The summed E-state index contributed by atoms with van der Waals surface area (Å²) in [5.41, 5.74) is 0. The Balaban J connectivity index is 4.34. The van der Waals surface area contributed by atoms with Gasteiger partial charge in [0.15, 0.2) is 12.2 Å². The molecule has 0 radical (unpaired) electrons. The van der Waals surface area contributed by atoms with Crippen molar-refractivity contribution in [1.29, 1.82) is 0 Å². The standard InChI is InChI=1S/C8H14O9/c9-1-3(11)5(13)7(15)17-8(16)6(14)4(12)2-10/h3-6,9-14H,1-2H2/t3-,4-,5+,6+/m1/s1. The average molecular weight is 254 g/mol. The molecule has 0 aromatic carbocycles. The number of esters is 2. The second-order valence-corrected chi connectivity index (χ2v) is 3.13. The van der Waals surface area contributed by atoms with Crippen LogP contribution in [-0.4, -0.2) is 80.2 Å². The van der Waals surface area contributed by atoms with Crippen molar-refractivity contribution >= 4 is 11.9 Å². The molecule has 17 heavy (non-hydrogen) atoms. The van der Waals surface area contributed by atoms with E-state index in [1.807, 2.05) is 0 Å². The Morgan fingerprint density at radius 1 is 0.824 bits per heavy atom. The number of rotatable bonds is 6. The van der Waals surface area contributed by atoms with Crippen molar-refractivity contribution in [2.75, 3.05) is 13.2 Å². The van der Waals surface area contributed by atoms with E-state index in [1.165, 1.54) is 0 Å². The van der Waals surface area contributed by atoms with E-state index in [-0.39, 0.29) is 0 Å². The molecule has 0 aliphatic rings. The average Bonchev–Trinajstić information content (AvgIpc) is 2.34. The largest absolute Gasteiger partial charge is 0.394 e. The van der Waals surface area contributed by atoms with Crippen LogP contribution in [0.15, 0.2) is 0 Å². The Hall–Kier alpha value is -1.10. The minimum absolute atomic E-state index is 0.938. The second-order valence-electron chi connectivity index (χ2n) is 3.13. The maximum atomic E-state index is 10.9. The normalized spacial score (nSPS) is 18.0. The third-order valence-electron chi connectivity index (χ3n) is 1.79. The van der Waals surface area contributed by atoms with Crippen LogP contribution in [0.2, 0.25) is 0 Å². The summed E-state index contributed by atoms with van der Waals surface area (Å²) in [6.45, 7) is -1.88. The summed E-state index contributed by atoms with van der Waals surface area (Å²) >= 11 is 0. The first kappa shape index (κ1) is 15.9. The quantitative estimate of drug-likeness (QED) is 0.202. The summed E-state index contributed by atoms with van der Waals surface area (Å²) in [7, 11) is 0. The van der Waals surface area contributed by atoms with Crippen LogP contribution in [0, 0.1) is 0 Å². The first-order valence-corrected chi connectivity index (χ1v) is 4.54. The maximum absolute atomic E-state index is 10.9. The van der Waals surface area contributed by atoms with Crippen LogP contribution < -0.4 is 0 Å². The van der Waals surface area contributed by atoms with Gasteiger partial charge in [-0.05, 0) is 0 Å². The molecular formula is C8H14O9. The van der Waals surface area contributed by atoms with Gasteiger partial charge in [0.25, 0.3) is 0 Å². The number of carbonyl (C=O) groups excluding carboxylic acids is 2. The van der Waals surface area contributed by atoms with Crippen LogP contribution in [0.1, 0.15) is 0 Å². The molecule has 0 saturated carbocycles. The summed E-state index contributed by atoms with van der Waals surface area (Å²) in [6.07, 6.45) is -8.00. The number of hydrogen-bond donors (Lipinski definition) is 6. The summed E-state index contributed by atoms with van der Waals surface area (Å²) in [5.74, 6) is -3.19. The first-order chi connectivity index (χ1) is 7.84. The molecule has 0 aliphatic carbocycles. The molecule has 100 valence electrons. The molecule has 0 heterocycles. The molecule has 6 N–H and O–H groups in total. The fraction of sp³-hybridized carbons (Fsp3) is 0.750. The fourth-order valence-electron chi connectivity index (χ4n) is 0.734. The van der Waals surface area contributed by atoms with E-state index >= 15 is 0 Å². The highest BCUT2D eigenvalue weighted by Crippen LogP contribution is 2.01. The Kier molecular flexibility index (Phi) is 6.80. The van der Waals surface area contributed by atoms with Crippen LogP contribution in [0.3, 0.4) is 0 Å². The van der Waals surface area contributed by atoms with Gasteiger partial charge in [0.1, 0.15) is 12.2 Å². The van der Waals surface area contributed by atoms with Gasteiger partial charge in [0.05, 0.1) is 13.2 Å². The summed E-state index contributed by atoms with van der Waals surface area (Å²) in [4.78, 5) is 21.9. The van der Waals surface area contributed by atoms with Crippen molar-refractivity contribution in [1.82, 2.24) is 0 Å². The zero-order valence-electron chi connectivity index (χ0n) is 8.63. The van der Waals surface area contributed by atoms with Crippen molar-refractivity contribution in [2.24, 2.45) is 0 Å². The zero-order chi connectivity index (χ0) is 13.6. The van der Waals surface area contributed by atoms with Crippen molar-refractivity contribution in [2.45, 2.75) is 24.4 Å². The number of carbonyl (C=O) groups is 2. The van der Waals surface area contributed by atoms with Gasteiger partial charge < -0.3 is 35.4 Å². The number of hydrogen-bond acceptors (Lipinski definition) is 9. The van der Waals surface area contributed by atoms with E-state index in [0.717, 1.165) is 0 Å². The number of ether oxygens (including phenoxy) is 1. The van der Waals surface area contributed by atoms with Crippen molar-refractivity contribution in [3.63, 3.8) is 0 Å². The Morgan fingerprint density at radius 3 is 1.35 bits per heavy atom. The van der Waals surface area contributed by atoms with Crippen LogP contribution in [0.5, 0.6) is 0 Å². The number of aliphatic hydroxyl groups excluding tert-OH is 6. The molecule has 0 bridgehead atoms. The van der Waals surface area contributed by atoms with Gasteiger partial charge in [0, 0.05) is 0 Å². The third kappa shape index (κ3) is 4.73. The van der Waals surface area contributed by atoms with Gasteiger partial charge >= 0.3 is 11.9 Å². The second kappa shape index (κ2) is 7.27. The van der Waals surface area contributed by atoms with Gasteiger partial charge in [-0.25, -0.2) is 9.59 Å². The molecule has 9 nitrogen and oxygen atoms in total. The molecular weight excluding hydrogens is 240 g/mol. The van der Waals surface area contributed by atoms with E-state index in [2.05, 4.69) is 4.74 Å². The Morgan fingerprint density at radius 2 is 1.12 bits per heavy atom. The van der Waals surface area contributed by atoms with Gasteiger partial charge in [-0.3, -0.25) is 0 Å². The molecule has 0 spiro atoms. The predicted molar refractivity (Wildman–Crippen MR) is 49.3 cm³/mol. The molecule has 0 rings (SSSR count). The lowest BCUT2D eigenvalue weighted by Gasteiger charge is -2.16. The fourth-order valence-corrected chi connectivity index (χ4v) is 0.734. The highest BCUT2D eigenvalue weighted by atomic mass is 16.6. The Bertz CT molecular complexity index is 240. The SMILES string of the molecule is O=C(OC(=O)[C@@H](O)[C@H](O)CO)[C@@H](O)[C@H](O)CO. The molecule has 0 aliphatic heterocycles. The molecule has 0 unspecified atom stereocenters. The van der Waals surface area contributed by atoms with Gasteiger partial charge in [-0.1, -0.05) is 0 Å². The maximum Gasteiger partial charge on any atom is 0.345 e. The van der Waals surface area contributed by atoms with Crippen molar-refractivity contribution in [3.8, 4) is 0 Å². The number of aliphatic hydroxyl groups is 6. The third-order valence-corrected chi connectivity index (χ3v) is 1.79. The van der Waals surface area contributed by atoms with E-state index in [4.69, 9.17) is 30.6 Å². The monoisotopic (exact) mass is 254 g/mol. The minimum atomic E-state index is -2.16. The molecule has 4 atom stereocenters. The molecule has 0 amide bonds. The van der Waals surface area contributed by atoms with Crippen molar-refractivity contribution < 1.29 is 45.0 Å². The highest BCUT2D eigenvalue weighted by Gasteiger charge is 2.32. The molecule has 0 saturated heterocycles.